The summed E-state index contributed by atoms with van der Waals surface area (Å²) in [6.45, 7) is 9.96. The molecule has 0 aromatic carbocycles. The Kier molecular flexibility index (Phi) is 4.72. The van der Waals surface area contributed by atoms with Crippen LogP contribution in [0.4, 0.5) is 0 Å². The van der Waals surface area contributed by atoms with E-state index in [9.17, 15) is 4.79 Å². The molecule has 66 valence electrons. The molecule has 0 radical (unpaired) electrons. The van der Waals surface area contributed by atoms with Gasteiger partial charge in [-0.05, 0) is 6.08 Å². The van der Waals surface area contributed by atoms with Gasteiger partial charge in [-0.2, -0.15) is 0 Å². The highest BCUT2D eigenvalue weighted by molar-refractivity contribution is 5.81. The lowest BCUT2D eigenvalue weighted by Crippen LogP contribution is -2.26. The van der Waals surface area contributed by atoms with Crippen LogP contribution in [0.2, 0.25) is 0 Å². The first kappa shape index (κ1) is 10.7. The summed E-state index contributed by atoms with van der Waals surface area (Å²) in [5.41, 5.74) is 0. The van der Waals surface area contributed by atoms with E-state index < -0.39 is 18.2 Å². The Morgan fingerprint density at radius 3 is 2.25 bits per heavy atom. The molecule has 0 aliphatic heterocycles. The molecule has 0 amide bonds. The minimum Gasteiger partial charge on any atom is -0.452 e. The van der Waals surface area contributed by atoms with Crippen molar-refractivity contribution in [2.24, 2.45) is 0 Å². The molecular weight excluding hydrogens is 156 g/mol. The van der Waals surface area contributed by atoms with Crippen molar-refractivity contribution < 1.29 is 14.6 Å². The molecule has 0 aliphatic rings. The first-order chi connectivity index (χ1) is 5.65. The van der Waals surface area contributed by atoms with Crippen LogP contribution >= 0.6 is 0 Å². The highest BCUT2D eigenvalue weighted by Gasteiger charge is 2.15. The van der Waals surface area contributed by atoms with E-state index in [0.717, 1.165) is 6.08 Å². The second kappa shape index (κ2) is 5.32. The minimum absolute atomic E-state index is 0.596. The summed E-state index contributed by atoms with van der Waals surface area (Å²) in [4.78, 5) is 10.7. The third kappa shape index (κ3) is 3.16. The molecular formula is C9H12O3. The van der Waals surface area contributed by atoms with Crippen LogP contribution in [0.1, 0.15) is 0 Å². The number of hydrogen-bond acceptors (Lipinski definition) is 3. The topological polar surface area (TPSA) is 46.5 Å². The zero-order valence-corrected chi connectivity index (χ0v) is 6.77. The average molecular weight is 168 g/mol. The summed E-state index contributed by atoms with van der Waals surface area (Å²) in [6.07, 6.45) is 1.93. The fourth-order valence-corrected chi connectivity index (χ4v) is 0.574. The van der Waals surface area contributed by atoms with Crippen molar-refractivity contribution in [1.82, 2.24) is 0 Å². The van der Waals surface area contributed by atoms with Gasteiger partial charge in [-0.1, -0.05) is 19.2 Å². The number of ether oxygens (including phenoxy) is 1. The molecule has 0 aromatic heterocycles. The van der Waals surface area contributed by atoms with Crippen LogP contribution in [-0.2, 0) is 9.53 Å². The summed E-state index contributed by atoms with van der Waals surface area (Å²) < 4.78 is 4.71. The number of carbonyl (C=O) groups is 1. The molecule has 0 fully saturated rings. The molecule has 0 saturated carbocycles. The number of hydrogen-bond donors (Lipinski definition) is 1. The third-order valence-corrected chi connectivity index (χ3v) is 1.23. The Hall–Kier alpha value is -1.35. The Bertz CT molecular complexity index is 196. The van der Waals surface area contributed by atoms with Crippen molar-refractivity contribution >= 4 is 5.97 Å². The lowest BCUT2D eigenvalue weighted by molar-refractivity contribution is -0.144. The maximum atomic E-state index is 10.7. The lowest BCUT2D eigenvalue weighted by Gasteiger charge is -2.15. The van der Waals surface area contributed by atoms with Gasteiger partial charge in [-0.25, -0.2) is 4.79 Å². The van der Waals surface area contributed by atoms with Crippen molar-refractivity contribution in [3.63, 3.8) is 0 Å². The summed E-state index contributed by atoms with van der Waals surface area (Å²) in [5.74, 6) is -0.596. The van der Waals surface area contributed by atoms with E-state index in [1.165, 1.54) is 12.2 Å². The molecule has 0 aromatic rings. The monoisotopic (exact) mass is 168 g/mol. The van der Waals surface area contributed by atoms with Gasteiger partial charge < -0.3 is 9.84 Å². The quantitative estimate of drug-likeness (QED) is 0.375. The summed E-state index contributed by atoms with van der Waals surface area (Å²) in [5, 5.41) is 9.16. The van der Waals surface area contributed by atoms with E-state index in [0.29, 0.717) is 0 Å². The fourth-order valence-electron chi connectivity index (χ4n) is 0.574. The molecule has 0 bridgehead atoms. The SMILES string of the molecule is C=CC(=O)O[C@@H](C=C)[C@@H](O)C=C. The molecule has 0 spiro atoms. The average Bonchev–Trinajstić information content (AvgIpc) is 2.12. The molecule has 1 N–H and O–H groups in total. The van der Waals surface area contributed by atoms with E-state index in [1.807, 2.05) is 0 Å². The molecule has 0 heterocycles. The number of carbonyl (C=O) groups excluding carboxylic acids is 1. The van der Waals surface area contributed by atoms with Gasteiger partial charge in [-0.3, -0.25) is 0 Å². The number of rotatable bonds is 5. The van der Waals surface area contributed by atoms with Gasteiger partial charge in [-0.15, -0.1) is 6.58 Å². The predicted molar refractivity (Wildman–Crippen MR) is 46.5 cm³/mol. The van der Waals surface area contributed by atoms with Crippen LogP contribution in [0.3, 0.4) is 0 Å². The van der Waals surface area contributed by atoms with Crippen LogP contribution in [-0.4, -0.2) is 23.3 Å². The van der Waals surface area contributed by atoms with E-state index >= 15 is 0 Å². The summed E-state index contributed by atoms with van der Waals surface area (Å²) in [6, 6.07) is 0. The standard InChI is InChI=1S/C9H12O3/c1-4-7(10)8(5-2)12-9(11)6-3/h4-8,10H,1-3H2/t7-,8-/m0/s1. The first-order valence-electron chi connectivity index (χ1n) is 3.42. The van der Waals surface area contributed by atoms with Crippen LogP contribution < -0.4 is 0 Å². The molecule has 0 unspecified atom stereocenters. The van der Waals surface area contributed by atoms with Crippen LogP contribution in [0.5, 0.6) is 0 Å². The van der Waals surface area contributed by atoms with Crippen molar-refractivity contribution in [3.8, 4) is 0 Å². The number of aliphatic hydroxyl groups excluding tert-OH is 1. The van der Waals surface area contributed by atoms with Gasteiger partial charge in [0.1, 0.15) is 12.2 Å². The first-order valence-corrected chi connectivity index (χ1v) is 3.42. The summed E-state index contributed by atoms with van der Waals surface area (Å²) >= 11 is 0. The minimum atomic E-state index is -0.925. The zero-order chi connectivity index (χ0) is 9.56. The van der Waals surface area contributed by atoms with Gasteiger partial charge >= 0.3 is 5.97 Å². The molecule has 12 heavy (non-hydrogen) atoms. The largest absolute Gasteiger partial charge is 0.452 e. The van der Waals surface area contributed by atoms with Gasteiger partial charge in [0.25, 0.3) is 0 Å². The maximum Gasteiger partial charge on any atom is 0.330 e. The second-order valence-electron chi connectivity index (χ2n) is 2.07. The molecule has 0 saturated heterocycles. The zero-order valence-electron chi connectivity index (χ0n) is 6.77. The van der Waals surface area contributed by atoms with Crippen LogP contribution in [0.15, 0.2) is 38.0 Å². The third-order valence-electron chi connectivity index (χ3n) is 1.23. The second-order valence-corrected chi connectivity index (χ2v) is 2.07. The van der Waals surface area contributed by atoms with Gasteiger partial charge in [0, 0.05) is 6.08 Å². The maximum absolute atomic E-state index is 10.7. The Balaban J connectivity index is 4.16. The van der Waals surface area contributed by atoms with Crippen molar-refractivity contribution in [3.05, 3.63) is 38.0 Å². The molecule has 3 nitrogen and oxygen atoms in total. The van der Waals surface area contributed by atoms with E-state index in [4.69, 9.17) is 9.84 Å². The molecule has 3 heteroatoms. The Morgan fingerprint density at radius 2 is 1.92 bits per heavy atom. The van der Waals surface area contributed by atoms with E-state index in [-0.39, 0.29) is 0 Å². The van der Waals surface area contributed by atoms with Crippen LogP contribution in [0.25, 0.3) is 0 Å². The van der Waals surface area contributed by atoms with Gasteiger partial charge in [0.15, 0.2) is 0 Å². The highest BCUT2D eigenvalue weighted by Crippen LogP contribution is 2.02. The molecule has 0 aliphatic carbocycles. The Morgan fingerprint density at radius 1 is 1.33 bits per heavy atom. The van der Waals surface area contributed by atoms with E-state index in [1.54, 1.807) is 0 Å². The fraction of sp³-hybridized carbons (Fsp3) is 0.222. The Labute approximate surface area is 71.7 Å². The highest BCUT2D eigenvalue weighted by atomic mass is 16.6. The van der Waals surface area contributed by atoms with Crippen molar-refractivity contribution in [2.75, 3.05) is 0 Å². The van der Waals surface area contributed by atoms with Gasteiger partial charge in [0.2, 0.25) is 0 Å². The summed E-state index contributed by atoms with van der Waals surface area (Å²) in [7, 11) is 0. The molecule has 2 atom stereocenters. The van der Waals surface area contributed by atoms with E-state index in [2.05, 4.69) is 19.7 Å². The van der Waals surface area contributed by atoms with Crippen LogP contribution in [0, 0.1) is 0 Å². The van der Waals surface area contributed by atoms with Gasteiger partial charge in [0.05, 0.1) is 0 Å². The smallest absolute Gasteiger partial charge is 0.330 e. The number of aliphatic hydroxyl groups is 1. The predicted octanol–water partition coefficient (Wildman–Crippen LogP) is 0.817. The van der Waals surface area contributed by atoms with Crippen molar-refractivity contribution in [2.45, 2.75) is 12.2 Å². The number of esters is 1. The normalized spacial score (nSPS) is 14.1. The molecule has 0 rings (SSSR count). The van der Waals surface area contributed by atoms with Crippen molar-refractivity contribution in [1.29, 1.82) is 0 Å². The lowest BCUT2D eigenvalue weighted by atomic mass is 10.2.